The molecule has 0 aliphatic heterocycles. The first-order chi connectivity index (χ1) is 8.19. The topological polar surface area (TPSA) is 45.0 Å². The second-order valence-electron chi connectivity index (χ2n) is 4.45. The lowest BCUT2D eigenvalue weighted by molar-refractivity contribution is 0.406. The number of nitrogens with zero attached hydrogens (tertiary/aromatic N) is 1. The van der Waals surface area contributed by atoms with E-state index in [4.69, 9.17) is 10.00 Å². The van der Waals surface area contributed by atoms with Crippen molar-refractivity contribution >= 4 is 15.9 Å². The summed E-state index contributed by atoms with van der Waals surface area (Å²) in [5.41, 5.74) is 1.01. The van der Waals surface area contributed by atoms with E-state index < -0.39 is 0 Å². The normalized spacial score (nSPS) is 16.3. The Morgan fingerprint density at radius 1 is 1.53 bits per heavy atom. The van der Waals surface area contributed by atoms with Gasteiger partial charge < -0.3 is 10.1 Å². The number of hydrogen-bond donors (Lipinski definition) is 1. The Labute approximate surface area is 110 Å². The van der Waals surface area contributed by atoms with E-state index in [0.29, 0.717) is 0 Å². The molecular formula is C13H15BrN2O. The molecule has 1 aliphatic rings. The van der Waals surface area contributed by atoms with E-state index in [1.807, 2.05) is 18.2 Å². The summed E-state index contributed by atoms with van der Waals surface area (Å²) in [6.07, 6.45) is 2.04. The molecule has 0 atom stereocenters. The Morgan fingerprint density at radius 3 is 2.88 bits per heavy atom. The first kappa shape index (κ1) is 12.4. The minimum atomic E-state index is -0.0980. The fourth-order valence-electron chi connectivity index (χ4n) is 1.80. The molecule has 0 unspecified atom stereocenters. The monoisotopic (exact) mass is 294 g/mol. The molecule has 0 bridgehead atoms. The quantitative estimate of drug-likeness (QED) is 0.908. The van der Waals surface area contributed by atoms with E-state index in [0.717, 1.165) is 41.7 Å². The maximum atomic E-state index is 8.98. The number of benzene rings is 1. The van der Waals surface area contributed by atoms with Crippen molar-refractivity contribution in [3.05, 3.63) is 28.2 Å². The molecule has 1 aromatic rings. The highest BCUT2D eigenvalue weighted by Gasteiger charge is 2.42. The Hall–Kier alpha value is -1.05. The van der Waals surface area contributed by atoms with Crippen molar-refractivity contribution in [3.8, 4) is 11.8 Å². The number of nitriles is 1. The van der Waals surface area contributed by atoms with Gasteiger partial charge in [0.05, 0.1) is 18.6 Å². The molecule has 0 aromatic heterocycles. The van der Waals surface area contributed by atoms with Crippen LogP contribution in [0.25, 0.3) is 0 Å². The van der Waals surface area contributed by atoms with Crippen LogP contribution in [0.5, 0.6) is 5.75 Å². The van der Waals surface area contributed by atoms with E-state index in [-0.39, 0.29) is 5.41 Å². The van der Waals surface area contributed by atoms with Gasteiger partial charge in [-0.3, -0.25) is 0 Å². The minimum absolute atomic E-state index is 0.0980. The highest BCUT2D eigenvalue weighted by Crippen LogP contribution is 2.44. The van der Waals surface area contributed by atoms with Gasteiger partial charge in [-0.15, -0.1) is 0 Å². The van der Waals surface area contributed by atoms with Crippen LogP contribution in [0.3, 0.4) is 0 Å². The molecule has 0 saturated heterocycles. The molecule has 2 rings (SSSR count). The Morgan fingerprint density at radius 2 is 2.29 bits per heavy atom. The summed E-state index contributed by atoms with van der Waals surface area (Å²) in [5, 5.41) is 12.3. The highest BCUT2D eigenvalue weighted by molar-refractivity contribution is 9.10. The van der Waals surface area contributed by atoms with Crippen molar-refractivity contribution in [2.75, 3.05) is 13.7 Å². The molecule has 1 N–H and O–H groups in total. The molecule has 17 heavy (non-hydrogen) atoms. The van der Waals surface area contributed by atoms with Gasteiger partial charge in [-0.1, -0.05) is 15.9 Å². The van der Waals surface area contributed by atoms with E-state index in [1.54, 1.807) is 7.11 Å². The van der Waals surface area contributed by atoms with Crippen molar-refractivity contribution in [2.24, 2.45) is 5.41 Å². The van der Waals surface area contributed by atoms with Crippen LogP contribution in [-0.4, -0.2) is 13.7 Å². The summed E-state index contributed by atoms with van der Waals surface area (Å²) in [5.74, 6) is 0.877. The van der Waals surface area contributed by atoms with Crippen molar-refractivity contribution in [1.82, 2.24) is 5.32 Å². The lowest BCUT2D eigenvalue weighted by Crippen LogP contribution is -2.22. The van der Waals surface area contributed by atoms with E-state index in [1.165, 1.54) is 0 Å². The van der Waals surface area contributed by atoms with Crippen molar-refractivity contribution in [1.29, 1.82) is 5.26 Å². The first-order valence-electron chi connectivity index (χ1n) is 5.63. The molecule has 1 aromatic carbocycles. The van der Waals surface area contributed by atoms with Crippen LogP contribution in [0.15, 0.2) is 22.7 Å². The lowest BCUT2D eigenvalue weighted by atomic mass is 10.1. The van der Waals surface area contributed by atoms with Crippen molar-refractivity contribution < 1.29 is 4.74 Å². The Balaban J connectivity index is 1.94. The molecule has 3 nitrogen and oxygen atoms in total. The summed E-state index contributed by atoms with van der Waals surface area (Å²) in [6, 6.07) is 8.32. The molecule has 4 heteroatoms. The van der Waals surface area contributed by atoms with Crippen LogP contribution in [0.1, 0.15) is 18.4 Å². The van der Waals surface area contributed by atoms with Crippen LogP contribution >= 0.6 is 15.9 Å². The predicted molar refractivity (Wildman–Crippen MR) is 69.7 cm³/mol. The molecule has 0 radical (unpaired) electrons. The molecule has 0 spiro atoms. The average Bonchev–Trinajstić information content (AvgIpc) is 3.10. The zero-order valence-corrected chi connectivity index (χ0v) is 11.4. The zero-order chi connectivity index (χ0) is 12.3. The van der Waals surface area contributed by atoms with Crippen molar-refractivity contribution in [2.45, 2.75) is 19.4 Å². The second kappa shape index (κ2) is 5.07. The first-order valence-corrected chi connectivity index (χ1v) is 6.43. The number of ether oxygens (including phenoxy) is 1. The SMILES string of the molecule is COc1ccc(Br)cc1CNCC1(C#N)CC1. The number of hydrogen-bond acceptors (Lipinski definition) is 3. The molecule has 90 valence electrons. The third-order valence-electron chi connectivity index (χ3n) is 3.11. The van der Waals surface area contributed by atoms with Gasteiger partial charge in [-0.2, -0.15) is 5.26 Å². The standard InChI is InChI=1S/C13H15BrN2O/c1-17-12-3-2-11(14)6-10(12)7-16-9-13(8-15)4-5-13/h2-3,6,16H,4-5,7,9H2,1H3. The number of methoxy groups -OCH3 is 1. The van der Waals surface area contributed by atoms with Crippen molar-refractivity contribution in [3.63, 3.8) is 0 Å². The molecule has 0 heterocycles. The molecule has 1 aliphatic carbocycles. The van der Waals surface area contributed by atoms with E-state index in [2.05, 4.69) is 27.3 Å². The van der Waals surface area contributed by atoms with Gasteiger partial charge in [-0.05, 0) is 31.0 Å². The summed E-state index contributed by atoms with van der Waals surface area (Å²) >= 11 is 3.45. The summed E-state index contributed by atoms with van der Waals surface area (Å²) in [6.45, 7) is 1.49. The minimum Gasteiger partial charge on any atom is -0.496 e. The van der Waals surface area contributed by atoms with Gasteiger partial charge in [0.2, 0.25) is 0 Å². The third-order valence-corrected chi connectivity index (χ3v) is 3.61. The van der Waals surface area contributed by atoms with E-state index >= 15 is 0 Å². The van der Waals surface area contributed by atoms with Gasteiger partial charge in [-0.25, -0.2) is 0 Å². The zero-order valence-electron chi connectivity index (χ0n) is 9.79. The van der Waals surface area contributed by atoms with Gasteiger partial charge in [0.25, 0.3) is 0 Å². The fourth-order valence-corrected chi connectivity index (χ4v) is 2.21. The van der Waals surface area contributed by atoms with Crippen LogP contribution in [-0.2, 0) is 6.54 Å². The van der Waals surface area contributed by atoms with Crippen LogP contribution in [0, 0.1) is 16.7 Å². The van der Waals surface area contributed by atoms with Gasteiger partial charge in [0.15, 0.2) is 0 Å². The highest BCUT2D eigenvalue weighted by atomic mass is 79.9. The molecular weight excluding hydrogens is 280 g/mol. The van der Waals surface area contributed by atoms with Crippen LogP contribution in [0.4, 0.5) is 0 Å². The van der Waals surface area contributed by atoms with Gasteiger partial charge >= 0.3 is 0 Å². The summed E-state index contributed by atoms with van der Waals surface area (Å²) in [7, 11) is 1.67. The van der Waals surface area contributed by atoms with Gasteiger partial charge in [0.1, 0.15) is 5.75 Å². The summed E-state index contributed by atoms with van der Waals surface area (Å²) < 4.78 is 6.34. The predicted octanol–water partition coefficient (Wildman–Crippen LogP) is 2.85. The van der Waals surface area contributed by atoms with Crippen LogP contribution in [0.2, 0.25) is 0 Å². The number of halogens is 1. The average molecular weight is 295 g/mol. The lowest BCUT2D eigenvalue weighted by Gasteiger charge is -2.11. The largest absolute Gasteiger partial charge is 0.496 e. The summed E-state index contributed by atoms with van der Waals surface area (Å²) in [4.78, 5) is 0. The van der Waals surface area contributed by atoms with E-state index in [9.17, 15) is 0 Å². The number of nitrogens with one attached hydrogen (secondary N) is 1. The van der Waals surface area contributed by atoms with Crippen LogP contribution < -0.4 is 10.1 Å². The Bertz CT molecular complexity index is 449. The van der Waals surface area contributed by atoms with Gasteiger partial charge in [0, 0.05) is 23.1 Å². The maximum absolute atomic E-state index is 8.98. The Kier molecular flexibility index (Phi) is 3.70. The molecule has 1 fully saturated rings. The molecule has 1 saturated carbocycles. The second-order valence-corrected chi connectivity index (χ2v) is 5.37. The maximum Gasteiger partial charge on any atom is 0.123 e. The smallest absolute Gasteiger partial charge is 0.123 e. The number of rotatable bonds is 5. The fraction of sp³-hybridized carbons (Fsp3) is 0.462. The third kappa shape index (κ3) is 2.99. The molecule has 0 amide bonds.